The van der Waals surface area contributed by atoms with Gasteiger partial charge in [-0.3, -0.25) is 4.79 Å². The molecule has 1 aromatic carbocycles. The van der Waals surface area contributed by atoms with E-state index in [-0.39, 0.29) is 17.6 Å². The van der Waals surface area contributed by atoms with E-state index >= 15 is 0 Å². The Labute approximate surface area is 87.1 Å². The zero-order valence-corrected chi connectivity index (χ0v) is 8.30. The highest BCUT2D eigenvalue weighted by atomic mass is 16.5. The topological polar surface area (TPSA) is 66.8 Å². The van der Waals surface area contributed by atoms with Crippen molar-refractivity contribution in [2.75, 3.05) is 7.11 Å². The monoisotopic (exact) mass is 208 g/mol. The highest BCUT2D eigenvalue weighted by molar-refractivity contribution is 5.75. The minimum absolute atomic E-state index is 0.0667. The number of methoxy groups -OCH3 is 1. The van der Waals surface area contributed by atoms with Gasteiger partial charge in [-0.2, -0.15) is 0 Å². The number of aliphatic carboxylic acids is 1. The lowest BCUT2D eigenvalue weighted by atomic mass is 10.1. The summed E-state index contributed by atoms with van der Waals surface area (Å²) < 4.78 is 4.96. The third kappa shape index (κ3) is 1.75. The summed E-state index contributed by atoms with van der Waals surface area (Å²) in [5, 5.41) is 18.2. The van der Waals surface area contributed by atoms with Crippen LogP contribution in [0.3, 0.4) is 0 Å². The van der Waals surface area contributed by atoms with Gasteiger partial charge in [-0.15, -0.1) is 0 Å². The maximum atomic E-state index is 10.7. The average Bonchev–Trinajstić information content (AvgIpc) is 2.98. The predicted molar refractivity (Wildman–Crippen MR) is 53.1 cm³/mol. The molecule has 15 heavy (non-hydrogen) atoms. The number of hydrogen-bond acceptors (Lipinski definition) is 3. The lowest BCUT2D eigenvalue weighted by Gasteiger charge is -2.05. The van der Waals surface area contributed by atoms with Crippen molar-refractivity contribution in [3.05, 3.63) is 23.8 Å². The normalized spacial score (nSPS) is 23.5. The molecule has 1 saturated carbocycles. The van der Waals surface area contributed by atoms with Crippen LogP contribution >= 0.6 is 0 Å². The largest absolute Gasteiger partial charge is 0.504 e. The summed E-state index contributed by atoms with van der Waals surface area (Å²) in [6, 6.07) is 4.97. The van der Waals surface area contributed by atoms with Gasteiger partial charge in [0.05, 0.1) is 13.0 Å². The number of ether oxygens (including phenoxy) is 1. The molecule has 80 valence electrons. The molecule has 0 heterocycles. The summed E-state index contributed by atoms with van der Waals surface area (Å²) in [7, 11) is 1.47. The first-order chi connectivity index (χ1) is 7.13. The molecule has 2 N–H and O–H groups in total. The summed E-state index contributed by atoms with van der Waals surface area (Å²) in [6.45, 7) is 0. The van der Waals surface area contributed by atoms with Gasteiger partial charge in [0.1, 0.15) is 0 Å². The maximum absolute atomic E-state index is 10.7. The lowest BCUT2D eigenvalue weighted by Crippen LogP contribution is -1.99. The zero-order chi connectivity index (χ0) is 11.0. The van der Waals surface area contributed by atoms with E-state index in [0.29, 0.717) is 12.2 Å². The first kappa shape index (κ1) is 9.83. The van der Waals surface area contributed by atoms with Crippen molar-refractivity contribution in [2.24, 2.45) is 5.92 Å². The van der Waals surface area contributed by atoms with E-state index in [4.69, 9.17) is 9.84 Å². The standard InChI is InChI=1S/C11H12O4/c1-15-10-4-6(2-3-9(10)12)7-5-8(7)11(13)14/h2-4,7-8,12H,5H2,1H3,(H,13,14)/t7-,8+/m0/s1. The van der Waals surface area contributed by atoms with Gasteiger partial charge >= 0.3 is 5.97 Å². The van der Waals surface area contributed by atoms with Gasteiger partial charge in [0, 0.05) is 0 Å². The molecule has 0 saturated heterocycles. The lowest BCUT2D eigenvalue weighted by molar-refractivity contribution is -0.138. The highest BCUT2D eigenvalue weighted by Gasteiger charge is 2.44. The molecule has 1 aromatic rings. The Kier molecular flexibility index (Phi) is 2.26. The number of carboxylic acids is 1. The van der Waals surface area contributed by atoms with Crippen molar-refractivity contribution in [3.8, 4) is 11.5 Å². The number of aromatic hydroxyl groups is 1. The summed E-state index contributed by atoms with van der Waals surface area (Å²) in [5.74, 6) is -0.499. The van der Waals surface area contributed by atoms with Crippen molar-refractivity contribution >= 4 is 5.97 Å². The smallest absolute Gasteiger partial charge is 0.307 e. The quantitative estimate of drug-likeness (QED) is 0.791. The molecule has 0 aliphatic heterocycles. The van der Waals surface area contributed by atoms with Crippen LogP contribution in [0.15, 0.2) is 18.2 Å². The van der Waals surface area contributed by atoms with Crippen LogP contribution in [0.2, 0.25) is 0 Å². The van der Waals surface area contributed by atoms with Gasteiger partial charge in [0.25, 0.3) is 0 Å². The van der Waals surface area contributed by atoms with Gasteiger partial charge in [-0.1, -0.05) is 6.07 Å². The minimum Gasteiger partial charge on any atom is -0.504 e. The zero-order valence-electron chi connectivity index (χ0n) is 8.30. The summed E-state index contributed by atoms with van der Waals surface area (Å²) in [4.78, 5) is 10.7. The van der Waals surface area contributed by atoms with E-state index in [1.165, 1.54) is 13.2 Å². The Morgan fingerprint density at radius 1 is 1.53 bits per heavy atom. The van der Waals surface area contributed by atoms with Gasteiger partial charge in [0.2, 0.25) is 0 Å². The first-order valence-corrected chi connectivity index (χ1v) is 4.73. The molecule has 0 radical (unpaired) electrons. The fraction of sp³-hybridized carbons (Fsp3) is 0.364. The number of phenols is 1. The van der Waals surface area contributed by atoms with E-state index in [9.17, 15) is 9.90 Å². The number of carbonyl (C=O) groups is 1. The molecule has 2 rings (SSSR count). The average molecular weight is 208 g/mol. The molecule has 4 heteroatoms. The third-order valence-corrected chi connectivity index (χ3v) is 2.74. The summed E-state index contributed by atoms with van der Waals surface area (Å²) in [5.41, 5.74) is 0.914. The third-order valence-electron chi connectivity index (χ3n) is 2.74. The second-order valence-electron chi connectivity index (χ2n) is 3.72. The molecular formula is C11H12O4. The van der Waals surface area contributed by atoms with Crippen LogP contribution in [0.4, 0.5) is 0 Å². The molecule has 1 aliphatic carbocycles. The van der Waals surface area contributed by atoms with Crippen molar-refractivity contribution in [1.29, 1.82) is 0 Å². The fourth-order valence-corrected chi connectivity index (χ4v) is 1.76. The molecule has 1 aliphatic rings. The van der Waals surface area contributed by atoms with Crippen LogP contribution in [0.25, 0.3) is 0 Å². The number of phenolic OH excluding ortho intramolecular Hbond substituents is 1. The molecule has 0 bridgehead atoms. The van der Waals surface area contributed by atoms with E-state index in [1.807, 2.05) is 0 Å². The van der Waals surface area contributed by atoms with Crippen molar-refractivity contribution in [1.82, 2.24) is 0 Å². The maximum Gasteiger partial charge on any atom is 0.307 e. The number of benzene rings is 1. The van der Waals surface area contributed by atoms with Crippen LogP contribution in [0.1, 0.15) is 17.9 Å². The summed E-state index contributed by atoms with van der Waals surface area (Å²) in [6.07, 6.45) is 0.670. The van der Waals surface area contributed by atoms with Gasteiger partial charge in [0.15, 0.2) is 11.5 Å². The molecule has 4 nitrogen and oxygen atoms in total. The van der Waals surface area contributed by atoms with Crippen molar-refractivity contribution in [3.63, 3.8) is 0 Å². The molecule has 0 amide bonds. The second kappa shape index (κ2) is 3.46. The van der Waals surface area contributed by atoms with Gasteiger partial charge in [-0.25, -0.2) is 0 Å². The number of hydrogen-bond donors (Lipinski definition) is 2. The first-order valence-electron chi connectivity index (χ1n) is 4.73. The molecule has 0 aromatic heterocycles. The Balaban J connectivity index is 2.21. The predicted octanol–water partition coefficient (Wildman–Crippen LogP) is 1.59. The molecular weight excluding hydrogens is 196 g/mol. The summed E-state index contributed by atoms with van der Waals surface area (Å²) >= 11 is 0. The van der Waals surface area contributed by atoms with Crippen LogP contribution in [-0.2, 0) is 4.79 Å². The van der Waals surface area contributed by atoms with Gasteiger partial charge < -0.3 is 14.9 Å². The number of carboxylic acid groups (broad SMARTS) is 1. The van der Waals surface area contributed by atoms with Crippen LogP contribution in [0, 0.1) is 5.92 Å². The number of rotatable bonds is 3. The van der Waals surface area contributed by atoms with Gasteiger partial charge in [-0.05, 0) is 30.0 Å². The van der Waals surface area contributed by atoms with Crippen molar-refractivity contribution < 1.29 is 19.7 Å². The van der Waals surface area contributed by atoms with Crippen LogP contribution < -0.4 is 4.74 Å². The minimum atomic E-state index is -0.757. The SMILES string of the molecule is COc1cc([C@@H]2C[C@H]2C(=O)O)ccc1O. The molecule has 0 spiro atoms. The molecule has 0 unspecified atom stereocenters. The van der Waals surface area contributed by atoms with Crippen molar-refractivity contribution in [2.45, 2.75) is 12.3 Å². The Morgan fingerprint density at radius 2 is 2.27 bits per heavy atom. The molecule has 1 fully saturated rings. The highest BCUT2D eigenvalue weighted by Crippen LogP contribution is 2.48. The Morgan fingerprint density at radius 3 is 2.80 bits per heavy atom. The van der Waals surface area contributed by atoms with E-state index in [0.717, 1.165) is 5.56 Å². The Bertz CT molecular complexity index is 400. The van der Waals surface area contributed by atoms with Crippen LogP contribution in [0.5, 0.6) is 11.5 Å². The van der Waals surface area contributed by atoms with Crippen LogP contribution in [-0.4, -0.2) is 23.3 Å². The molecule has 2 atom stereocenters. The Hall–Kier alpha value is -1.71. The van der Waals surface area contributed by atoms with E-state index < -0.39 is 5.97 Å². The second-order valence-corrected chi connectivity index (χ2v) is 3.72. The van der Waals surface area contributed by atoms with E-state index in [1.54, 1.807) is 12.1 Å². The fourth-order valence-electron chi connectivity index (χ4n) is 1.76. The van der Waals surface area contributed by atoms with E-state index in [2.05, 4.69) is 0 Å².